The third-order valence-corrected chi connectivity index (χ3v) is 3.57. The maximum atomic E-state index is 11.9. The van der Waals surface area contributed by atoms with E-state index in [1.54, 1.807) is 0 Å². The summed E-state index contributed by atoms with van der Waals surface area (Å²) in [5, 5.41) is 2.91. The van der Waals surface area contributed by atoms with E-state index in [9.17, 15) is 4.79 Å². The van der Waals surface area contributed by atoms with Crippen LogP contribution in [-0.2, 0) is 20.6 Å². The highest BCUT2D eigenvalue weighted by molar-refractivity contribution is 5.68. The standard InChI is InChI=1S/C15H19NO4/c17-15(20-12-6-7-18-9-12)16-13(14-10-19-14)8-11-4-2-1-3-5-11/h1-5,12-14H,6-10H2,(H,16,17)/t12-,13-,14+/m0/s1. The van der Waals surface area contributed by atoms with Crippen molar-refractivity contribution in [2.45, 2.75) is 31.1 Å². The Kier molecular flexibility index (Phi) is 4.18. The predicted octanol–water partition coefficient (Wildman–Crippen LogP) is 1.51. The van der Waals surface area contributed by atoms with Gasteiger partial charge in [-0.05, 0) is 12.0 Å². The molecule has 1 aromatic rings. The number of nitrogens with one attached hydrogen (secondary N) is 1. The smallest absolute Gasteiger partial charge is 0.407 e. The van der Waals surface area contributed by atoms with Gasteiger partial charge in [0.1, 0.15) is 12.2 Å². The second-order valence-electron chi connectivity index (χ2n) is 5.20. The molecule has 20 heavy (non-hydrogen) atoms. The Bertz CT molecular complexity index is 440. The number of carbonyl (C=O) groups is 1. The van der Waals surface area contributed by atoms with Crippen LogP contribution in [0.3, 0.4) is 0 Å². The maximum absolute atomic E-state index is 11.9. The Morgan fingerprint density at radius 3 is 2.80 bits per heavy atom. The molecule has 0 saturated carbocycles. The van der Waals surface area contributed by atoms with Crippen molar-refractivity contribution < 1.29 is 19.0 Å². The highest BCUT2D eigenvalue weighted by Crippen LogP contribution is 2.18. The Labute approximate surface area is 118 Å². The van der Waals surface area contributed by atoms with Gasteiger partial charge < -0.3 is 19.5 Å². The summed E-state index contributed by atoms with van der Waals surface area (Å²) in [6.45, 7) is 1.86. The molecule has 108 valence electrons. The first kappa shape index (κ1) is 13.4. The van der Waals surface area contributed by atoms with Crippen LogP contribution in [0.15, 0.2) is 30.3 Å². The third kappa shape index (κ3) is 3.71. The van der Waals surface area contributed by atoms with Gasteiger partial charge in [0, 0.05) is 6.42 Å². The monoisotopic (exact) mass is 277 g/mol. The molecule has 0 radical (unpaired) electrons. The quantitative estimate of drug-likeness (QED) is 0.829. The summed E-state index contributed by atoms with van der Waals surface area (Å²) in [6.07, 6.45) is 1.13. The van der Waals surface area contributed by atoms with Gasteiger partial charge >= 0.3 is 6.09 Å². The molecule has 5 heteroatoms. The van der Waals surface area contributed by atoms with Crippen LogP contribution < -0.4 is 5.32 Å². The molecule has 2 fully saturated rings. The van der Waals surface area contributed by atoms with Gasteiger partial charge in [-0.1, -0.05) is 30.3 Å². The number of alkyl carbamates (subject to hydrolysis) is 1. The maximum Gasteiger partial charge on any atom is 0.407 e. The van der Waals surface area contributed by atoms with Gasteiger partial charge in [0.15, 0.2) is 0 Å². The molecule has 2 heterocycles. The molecule has 1 amide bonds. The van der Waals surface area contributed by atoms with Crippen LogP contribution in [0.1, 0.15) is 12.0 Å². The van der Waals surface area contributed by atoms with Gasteiger partial charge in [-0.2, -0.15) is 0 Å². The zero-order valence-corrected chi connectivity index (χ0v) is 11.3. The first-order chi connectivity index (χ1) is 9.81. The van der Waals surface area contributed by atoms with E-state index in [1.807, 2.05) is 30.3 Å². The molecule has 0 spiro atoms. The van der Waals surface area contributed by atoms with E-state index in [-0.39, 0.29) is 24.3 Å². The minimum atomic E-state index is -0.378. The van der Waals surface area contributed by atoms with Crippen LogP contribution >= 0.6 is 0 Å². The average molecular weight is 277 g/mol. The summed E-state index contributed by atoms with van der Waals surface area (Å²) >= 11 is 0. The summed E-state index contributed by atoms with van der Waals surface area (Å²) < 4.78 is 15.8. The van der Waals surface area contributed by atoms with E-state index in [2.05, 4.69) is 5.32 Å². The molecule has 0 bridgehead atoms. The van der Waals surface area contributed by atoms with Crippen LogP contribution in [0.5, 0.6) is 0 Å². The van der Waals surface area contributed by atoms with E-state index >= 15 is 0 Å². The molecule has 2 saturated heterocycles. The number of carbonyl (C=O) groups excluding carboxylic acids is 1. The van der Waals surface area contributed by atoms with Crippen LogP contribution in [0.4, 0.5) is 4.79 Å². The number of rotatable bonds is 5. The second kappa shape index (κ2) is 6.24. The lowest BCUT2D eigenvalue weighted by Crippen LogP contribution is -2.42. The van der Waals surface area contributed by atoms with Gasteiger partial charge in [0.2, 0.25) is 0 Å². The van der Waals surface area contributed by atoms with E-state index < -0.39 is 0 Å². The van der Waals surface area contributed by atoms with E-state index in [4.69, 9.17) is 14.2 Å². The zero-order valence-electron chi connectivity index (χ0n) is 11.3. The fourth-order valence-electron chi connectivity index (χ4n) is 2.37. The molecule has 3 rings (SSSR count). The van der Waals surface area contributed by atoms with Crippen LogP contribution in [-0.4, -0.2) is 44.2 Å². The first-order valence-electron chi connectivity index (χ1n) is 7.01. The zero-order chi connectivity index (χ0) is 13.8. The molecular weight excluding hydrogens is 258 g/mol. The molecule has 1 N–H and O–H groups in total. The van der Waals surface area contributed by atoms with Gasteiger partial charge in [-0.3, -0.25) is 0 Å². The molecule has 0 aromatic heterocycles. The largest absolute Gasteiger partial charge is 0.444 e. The second-order valence-corrected chi connectivity index (χ2v) is 5.20. The number of epoxide rings is 1. The van der Waals surface area contributed by atoms with Crippen LogP contribution in [0.2, 0.25) is 0 Å². The molecule has 0 unspecified atom stereocenters. The number of benzene rings is 1. The SMILES string of the molecule is O=C(N[C@@H](Cc1ccccc1)[C@H]1CO1)O[C@H]1CCOC1. The van der Waals surface area contributed by atoms with Crippen molar-refractivity contribution in [1.29, 1.82) is 0 Å². The molecule has 1 aromatic carbocycles. The minimum Gasteiger partial charge on any atom is -0.444 e. The Morgan fingerprint density at radius 1 is 1.35 bits per heavy atom. The lowest BCUT2D eigenvalue weighted by molar-refractivity contribution is 0.0797. The number of hydrogen-bond donors (Lipinski definition) is 1. The Balaban J connectivity index is 1.53. The van der Waals surface area contributed by atoms with E-state index in [0.29, 0.717) is 19.8 Å². The van der Waals surface area contributed by atoms with Crippen molar-refractivity contribution >= 4 is 6.09 Å². The number of amides is 1. The van der Waals surface area contributed by atoms with Gasteiger partial charge in [0.05, 0.1) is 25.9 Å². The fourth-order valence-corrected chi connectivity index (χ4v) is 2.37. The van der Waals surface area contributed by atoms with Crippen molar-refractivity contribution in [3.8, 4) is 0 Å². The highest BCUT2D eigenvalue weighted by atomic mass is 16.6. The lowest BCUT2D eigenvalue weighted by Gasteiger charge is -2.18. The summed E-state index contributed by atoms with van der Waals surface area (Å²) in [4.78, 5) is 11.9. The molecule has 2 aliphatic rings. The number of ether oxygens (including phenoxy) is 3. The molecule has 3 atom stereocenters. The van der Waals surface area contributed by atoms with Gasteiger partial charge in [-0.25, -0.2) is 4.79 Å². The topological polar surface area (TPSA) is 60.1 Å². The van der Waals surface area contributed by atoms with Crippen molar-refractivity contribution in [3.05, 3.63) is 35.9 Å². The summed E-state index contributed by atoms with van der Waals surface area (Å²) in [7, 11) is 0. The van der Waals surface area contributed by atoms with Crippen molar-refractivity contribution in [2.75, 3.05) is 19.8 Å². The highest BCUT2D eigenvalue weighted by Gasteiger charge is 2.34. The van der Waals surface area contributed by atoms with Crippen molar-refractivity contribution in [3.63, 3.8) is 0 Å². The summed E-state index contributed by atoms with van der Waals surface area (Å²) in [5.41, 5.74) is 1.18. The lowest BCUT2D eigenvalue weighted by atomic mass is 10.0. The van der Waals surface area contributed by atoms with E-state index in [0.717, 1.165) is 12.8 Å². The number of hydrogen-bond acceptors (Lipinski definition) is 4. The minimum absolute atomic E-state index is 0.0350. The average Bonchev–Trinajstić information content (AvgIpc) is 3.18. The third-order valence-electron chi connectivity index (χ3n) is 3.57. The predicted molar refractivity (Wildman–Crippen MR) is 72.5 cm³/mol. The van der Waals surface area contributed by atoms with Gasteiger partial charge in [-0.15, -0.1) is 0 Å². The molecule has 2 aliphatic heterocycles. The summed E-state index contributed by atoms with van der Waals surface area (Å²) in [5.74, 6) is 0. The Morgan fingerprint density at radius 2 is 2.15 bits per heavy atom. The van der Waals surface area contributed by atoms with Gasteiger partial charge in [0.25, 0.3) is 0 Å². The van der Waals surface area contributed by atoms with E-state index in [1.165, 1.54) is 5.56 Å². The molecule has 0 aliphatic carbocycles. The normalized spacial score (nSPS) is 26.0. The van der Waals surface area contributed by atoms with Crippen molar-refractivity contribution in [2.24, 2.45) is 0 Å². The first-order valence-corrected chi connectivity index (χ1v) is 7.01. The molecule has 5 nitrogen and oxygen atoms in total. The summed E-state index contributed by atoms with van der Waals surface area (Å²) in [6, 6.07) is 10.0. The van der Waals surface area contributed by atoms with Crippen LogP contribution in [0.25, 0.3) is 0 Å². The molecular formula is C15H19NO4. The fraction of sp³-hybridized carbons (Fsp3) is 0.533. The Hall–Kier alpha value is -1.59. The van der Waals surface area contributed by atoms with Crippen molar-refractivity contribution in [1.82, 2.24) is 5.32 Å². The van der Waals surface area contributed by atoms with Crippen LogP contribution in [0, 0.1) is 0 Å².